The van der Waals surface area contributed by atoms with Gasteiger partial charge in [0.25, 0.3) is 0 Å². The molecule has 8 heteroatoms. The van der Waals surface area contributed by atoms with Gasteiger partial charge in [-0.15, -0.1) is 0 Å². The number of aryl methyl sites for hydroxylation is 1. The first-order valence-electron chi connectivity index (χ1n) is 7.69. The van der Waals surface area contributed by atoms with Gasteiger partial charge in [0.05, 0.1) is 12.1 Å². The van der Waals surface area contributed by atoms with Gasteiger partial charge in [0.2, 0.25) is 5.91 Å². The quantitative estimate of drug-likeness (QED) is 0.915. The van der Waals surface area contributed by atoms with Crippen molar-refractivity contribution in [2.45, 2.75) is 45.8 Å². The van der Waals surface area contributed by atoms with Crippen LogP contribution in [0, 0.1) is 19.8 Å². The lowest BCUT2D eigenvalue weighted by Crippen LogP contribution is -2.41. The van der Waals surface area contributed by atoms with Gasteiger partial charge in [-0.2, -0.15) is 18.3 Å². The Hall–Kier alpha value is -1.57. The molecule has 1 saturated heterocycles. The van der Waals surface area contributed by atoms with Crippen LogP contribution >= 0.6 is 0 Å². The molecule has 5 nitrogen and oxygen atoms in total. The molecule has 1 aromatic heterocycles. The third-order valence-corrected chi connectivity index (χ3v) is 4.32. The van der Waals surface area contributed by atoms with Crippen LogP contribution in [-0.2, 0) is 17.8 Å². The summed E-state index contributed by atoms with van der Waals surface area (Å²) in [5.41, 5.74) is 1.39. The first kappa shape index (κ1) is 17.8. The number of alkyl halides is 3. The second-order valence-electron chi connectivity index (χ2n) is 6.13. The van der Waals surface area contributed by atoms with Crippen molar-refractivity contribution < 1.29 is 23.1 Å². The highest BCUT2D eigenvalue weighted by atomic mass is 19.4. The molecule has 2 rings (SSSR count). The molecular weight excluding hydrogens is 311 g/mol. The fourth-order valence-electron chi connectivity index (χ4n) is 3.02. The van der Waals surface area contributed by atoms with Crippen LogP contribution in [0.2, 0.25) is 0 Å². The second-order valence-corrected chi connectivity index (χ2v) is 6.13. The van der Waals surface area contributed by atoms with Crippen LogP contribution in [0.3, 0.4) is 0 Å². The fourth-order valence-corrected chi connectivity index (χ4v) is 3.02. The molecular formula is C15H22F3N3O2. The molecule has 1 fully saturated rings. The molecule has 2 heterocycles. The summed E-state index contributed by atoms with van der Waals surface area (Å²) in [7, 11) is 0. The predicted octanol–water partition coefficient (Wildman–Crippen LogP) is 1.84. The summed E-state index contributed by atoms with van der Waals surface area (Å²) in [6.07, 6.45) is -2.57. The topological polar surface area (TPSA) is 58.4 Å². The molecule has 1 aliphatic rings. The van der Waals surface area contributed by atoms with E-state index < -0.39 is 12.7 Å². The SMILES string of the molecule is Cc1nn(CC(F)(F)F)c(C)c1CC(=O)N1CCCC(CO)C1. The summed E-state index contributed by atoms with van der Waals surface area (Å²) in [6, 6.07) is 0. The number of aliphatic hydroxyl groups is 1. The van der Waals surface area contributed by atoms with Crippen molar-refractivity contribution in [2.75, 3.05) is 19.7 Å². The van der Waals surface area contributed by atoms with Crippen molar-refractivity contribution in [3.8, 4) is 0 Å². The average molecular weight is 333 g/mol. The van der Waals surface area contributed by atoms with E-state index in [1.807, 2.05) is 0 Å². The van der Waals surface area contributed by atoms with E-state index in [0.717, 1.165) is 17.5 Å². The molecule has 0 aliphatic carbocycles. The lowest BCUT2D eigenvalue weighted by molar-refractivity contribution is -0.143. The van der Waals surface area contributed by atoms with Gasteiger partial charge in [0.1, 0.15) is 6.54 Å². The molecule has 1 amide bonds. The van der Waals surface area contributed by atoms with Crippen molar-refractivity contribution in [1.29, 1.82) is 0 Å². The number of halogens is 3. The van der Waals surface area contributed by atoms with Gasteiger partial charge in [0.15, 0.2) is 0 Å². The highest BCUT2D eigenvalue weighted by Crippen LogP contribution is 2.22. The van der Waals surface area contributed by atoms with E-state index >= 15 is 0 Å². The smallest absolute Gasteiger partial charge is 0.396 e. The van der Waals surface area contributed by atoms with Crippen molar-refractivity contribution >= 4 is 5.91 Å². The average Bonchev–Trinajstić information content (AvgIpc) is 2.73. The molecule has 0 spiro atoms. The van der Waals surface area contributed by atoms with Crippen molar-refractivity contribution in [3.05, 3.63) is 17.0 Å². The van der Waals surface area contributed by atoms with Crippen LogP contribution in [0.5, 0.6) is 0 Å². The Balaban J connectivity index is 2.09. The van der Waals surface area contributed by atoms with E-state index in [2.05, 4.69) is 5.10 Å². The van der Waals surface area contributed by atoms with Gasteiger partial charge < -0.3 is 10.0 Å². The van der Waals surface area contributed by atoms with Crippen molar-refractivity contribution in [3.63, 3.8) is 0 Å². The van der Waals surface area contributed by atoms with Crippen molar-refractivity contribution in [1.82, 2.24) is 14.7 Å². The van der Waals surface area contributed by atoms with Crippen LogP contribution < -0.4 is 0 Å². The maximum Gasteiger partial charge on any atom is 0.408 e. The van der Waals surface area contributed by atoms with Gasteiger partial charge in [-0.1, -0.05) is 0 Å². The fraction of sp³-hybridized carbons (Fsp3) is 0.733. The Labute approximate surface area is 133 Å². The molecule has 1 aliphatic heterocycles. The zero-order chi connectivity index (χ0) is 17.2. The third kappa shape index (κ3) is 4.46. The number of amides is 1. The predicted molar refractivity (Wildman–Crippen MR) is 77.8 cm³/mol. The summed E-state index contributed by atoms with van der Waals surface area (Å²) < 4.78 is 38.5. The maximum absolute atomic E-state index is 12.5. The van der Waals surface area contributed by atoms with Gasteiger partial charge in [-0.3, -0.25) is 9.48 Å². The Morgan fingerprint density at radius 1 is 1.39 bits per heavy atom. The first-order valence-corrected chi connectivity index (χ1v) is 7.69. The molecule has 1 atom stereocenters. The zero-order valence-corrected chi connectivity index (χ0v) is 13.4. The van der Waals surface area contributed by atoms with E-state index in [1.54, 1.807) is 18.7 Å². The number of piperidine rings is 1. The zero-order valence-electron chi connectivity index (χ0n) is 13.4. The molecule has 130 valence electrons. The molecule has 0 saturated carbocycles. The number of hydrogen-bond acceptors (Lipinski definition) is 3. The lowest BCUT2D eigenvalue weighted by atomic mass is 9.98. The maximum atomic E-state index is 12.5. The van der Waals surface area contributed by atoms with E-state index in [0.29, 0.717) is 30.0 Å². The van der Waals surface area contributed by atoms with Crippen molar-refractivity contribution in [2.24, 2.45) is 5.92 Å². The molecule has 1 unspecified atom stereocenters. The summed E-state index contributed by atoms with van der Waals surface area (Å²) in [6.45, 7) is 3.21. The highest BCUT2D eigenvalue weighted by molar-refractivity contribution is 5.79. The normalized spacial score (nSPS) is 19.2. The van der Waals surface area contributed by atoms with E-state index in [9.17, 15) is 23.1 Å². The first-order chi connectivity index (χ1) is 10.7. The van der Waals surface area contributed by atoms with Crippen LogP contribution in [-0.4, -0.2) is 51.6 Å². The molecule has 0 aromatic carbocycles. The van der Waals surface area contributed by atoms with Gasteiger partial charge in [-0.25, -0.2) is 0 Å². The Kier molecular flexibility index (Phi) is 5.33. The summed E-state index contributed by atoms with van der Waals surface area (Å²) >= 11 is 0. The minimum atomic E-state index is -4.34. The van der Waals surface area contributed by atoms with Crippen LogP contribution in [0.1, 0.15) is 29.8 Å². The Morgan fingerprint density at radius 2 is 2.09 bits per heavy atom. The standard InChI is InChI=1S/C15H22F3N3O2/c1-10-13(11(2)21(19-10)9-15(16,17)18)6-14(23)20-5-3-4-12(7-20)8-22/h12,22H,3-9H2,1-2H3. The number of hydrogen-bond donors (Lipinski definition) is 1. The third-order valence-electron chi connectivity index (χ3n) is 4.32. The summed E-state index contributed by atoms with van der Waals surface area (Å²) in [4.78, 5) is 14.1. The summed E-state index contributed by atoms with van der Waals surface area (Å²) in [5.74, 6) is -0.0382. The number of aromatic nitrogens is 2. The summed E-state index contributed by atoms with van der Waals surface area (Å²) in [5, 5.41) is 13.1. The van der Waals surface area contributed by atoms with E-state index in [4.69, 9.17) is 0 Å². The lowest BCUT2D eigenvalue weighted by Gasteiger charge is -2.32. The Bertz CT molecular complexity index is 569. The van der Waals surface area contributed by atoms with Crippen LogP contribution in [0.4, 0.5) is 13.2 Å². The largest absolute Gasteiger partial charge is 0.408 e. The number of likely N-dealkylation sites (tertiary alicyclic amines) is 1. The van der Waals surface area contributed by atoms with Crippen LogP contribution in [0.25, 0.3) is 0 Å². The Morgan fingerprint density at radius 3 is 2.70 bits per heavy atom. The number of aliphatic hydroxyl groups excluding tert-OH is 1. The van der Waals surface area contributed by atoms with Crippen LogP contribution in [0.15, 0.2) is 0 Å². The molecule has 0 radical (unpaired) electrons. The number of nitrogens with zero attached hydrogens (tertiary/aromatic N) is 3. The molecule has 1 aromatic rings. The van der Waals surface area contributed by atoms with E-state index in [1.165, 1.54) is 0 Å². The highest BCUT2D eigenvalue weighted by Gasteiger charge is 2.31. The monoisotopic (exact) mass is 333 g/mol. The number of rotatable bonds is 4. The number of carbonyl (C=O) groups is 1. The van der Waals surface area contributed by atoms with Gasteiger partial charge >= 0.3 is 6.18 Å². The van der Waals surface area contributed by atoms with Gasteiger partial charge in [0, 0.05) is 31.0 Å². The second kappa shape index (κ2) is 6.90. The number of carbonyl (C=O) groups excluding carboxylic acids is 1. The van der Waals surface area contributed by atoms with E-state index in [-0.39, 0.29) is 24.9 Å². The molecule has 0 bridgehead atoms. The molecule has 23 heavy (non-hydrogen) atoms. The minimum absolute atomic E-state index is 0.0470. The minimum Gasteiger partial charge on any atom is -0.396 e. The van der Waals surface area contributed by atoms with Gasteiger partial charge in [-0.05, 0) is 32.6 Å². The molecule has 1 N–H and O–H groups in total.